The lowest BCUT2D eigenvalue weighted by Gasteiger charge is -2.21. The van der Waals surface area contributed by atoms with E-state index >= 15 is 0 Å². The molecule has 0 saturated heterocycles. The molecule has 0 aromatic heterocycles. The van der Waals surface area contributed by atoms with Gasteiger partial charge in [-0.2, -0.15) is 0 Å². The average molecular weight is 685 g/mol. The second-order valence-corrected chi connectivity index (χ2v) is 14.1. The Bertz CT molecular complexity index is 2620. The second kappa shape index (κ2) is 13.5. The standard InChI is InChI=1S/C54H36/c1-5-17-37(18-6-1)43-29-44(38-19-7-2-8-20-38)32-47(31-43)53-49-27-15-16-28-50(49)54(52-36-42-26-14-13-25-41(42)35-51(52)53)48-33-45(39-21-9-3-10-22-39)30-46(34-48)40-23-11-4-12-24-40/h1-36H. The number of hydrogen-bond donors (Lipinski definition) is 0. The van der Waals surface area contributed by atoms with Gasteiger partial charge in [-0.05, 0) is 148 Å². The maximum atomic E-state index is 2.42. The molecule has 0 saturated carbocycles. The number of hydrogen-bond acceptors (Lipinski definition) is 0. The highest BCUT2D eigenvalue weighted by Crippen LogP contribution is 2.47. The normalized spacial score (nSPS) is 11.3. The second-order valence-electron chi connectivity index (χ2n) is 14.1. The fraction of sp³-hybridized carbons (Fsp3) is 0. The van der Waals surface area contributed by atoms with E-state index < -0.39 is 0 Å². The van der Waals surface area contributed by atoms with Crippen molar-refractivity contribution >= 4 is 32.3 Å². The number of benzene rings is 10. The lowest BCUT2D eigenvalue weighted by atomic mass is 9.82. The molecule has 0 aliphatic heterocycles. The number of fused-ring (bicyclic) bond motifs is 3. The first-order chi connectivity index (χ1) is 26.8. The van der Waals surface area contributed by atoms with Crippen LogP contribution in [0.2, 0.25) is 0 Å². The summed E-state index contributed by atoms with van der Waals surface area (Å²) in [4.78, 5) is 0. The van der Waals surface area contributed by atoms with E-state index in [2.05, 4.69) is 218 Å². The van der Waals surface area contributed by atoms with Crippen LogP contribution in [-0.2, 0) is 0 Å². The molecule has 54 heavy (non-hydrogen) atoms. The van der Waals surface area contributed by atoms with Crippen molar-refractivity contribution in [3.05, 3.63) is 218 Å². The van der Waals surface area contributed by atoms with Crippen molar-refractivity contribution in [2.45, 2.75) is 0 Å². The van der Waals surface area contributed by atoms with E-state index in [1.807, 2.05) is 0 Å². The van der Waals surface area contributed by atoms with E-state index in [4.69, 9.17) is 0 Å². The third-order valence-corrected chi connectivity index (χ3v) is 10.8. The zero-order valence-corrected chi connectivity index (χ0v) is 29.8. The molecule has 0 bridgehead atoms. The Morgan fingerprint density at radius 2 is 0.426 bits per heavy atom. The summed E-state index contributed by atoms with van der Waals surface area (Å²) in [5.41, 5.74) is 14.6. The summed E-state index contributed by atoms with van der Waals surface area (Å²) in [6.07, 6.45) is 0. The minimum Gasteiger partial charge on any atom is -0.0622 e. The Balaban J connectivity index is 1.33. The topological polar surface area (TPSA) is 0 Å². The predicted octanol–water partition coefficient (Wildman–Crippen LogP) is 15.1. The summed E-state index contributed by atoms with van der Waals surface area (Å²) >= 11 is 0. The van der Waals surface area contributed by atoms with Gasteiger partial charge in [-0.3, -0.25) is 0 Å². The van der Waals surface area contributed by atoms with Gasteiger partial charge in [-0.25, -0.2) is 0 Å². The Hall–Kier alpha value is -7.02. The minimum absolute atomic E-state index is 1.21. The Kier molecular flexibility index (Phi) is 7.93. The van der Waals surface area contributed by atoms with Crippen LogP contribution >= 0.6 is 0 Å². The van der Waals surface area contributed by atoms with E-state index in [9.17, 15) is 0 Å². The summed E-state index contributed by atoms with van der Waals surface area (Å²) in [7, 11) is 0. The van der Waals surface area contributed by atoms with Crippen molar-refractivity contribution in [2.24, 2.45) is 0 Å². The van der Waals surface area contributed by atoms with Gasteiger partial charge >= 0.3 is 0 Å². The minimum atomic E-state index is 1.21. The van der Waals surface area contributed by atoms with Crippen LogP contribution in [0.25, 0.3) is 99.1 Å². The molecule has 252 valence electrons. The van der Waals surface area contributed by atoms with Crippen LogP contribution in [0.5, 0.6) is 0 Å². The molecule has 0 heteroatoms. The lowest BCUT2D eigenvalue weighted by molar-refractivity contribution is 1.58. The van der Waals surface area contributed by atoms with Crippen molar-refractivity contribution in [3.63, 3.8) is 0 Å². The quantitative estimate of drug-likeness (QED) is 0.153. The highest BCUT2D eigenvalue weighted by Gasteiger charge is 2.20. The summed E-state index contributed by atoms with van der Waals surface area (Å²) in [5.74, 6) is 0. The van der Waals surface area contributed by atoms with Crippen LogP contribution in [0.3, 0.4) is 0 Å². The van der Waals surface area contributed by atoms with Gasteiger partial charge in [0.15, 0.2) is 0 Å². The van der Waals surface area contributed by atoms with Gasteiger partial charge in [-0.1, -0.05) is 170 Å². The lowest BCUT2D eigenvalue weighted by Crippen LogP contribution is -1.94. The molecule has 0 radical (unpaired) electrons. The van der Waals surface area contributed by atoms with Crippen LogP contribution < -0.4 is 0 Å². The van der Waals surface area contributed by atoms with Crippen LogP contribution in [0, 0.1) is 0 Å². The first kappa shape index (κ1) is 31.7. The molecule has 0 fully saturated rings. The van der Waals surface area contributed by atoms with Gasteiger partial charge in [0.25, 0.3) is 0 Å². The van der Waals surface area contributed by atoms with E-state index in [-0.39, 0.29) is 0 Å². The van der Waals surface area contributed by atoms with E-state index in [1.54, 1.807) is 0 Å². The zero-order valence-electron chi connectivity index (χ0n) is 29.8. The number of rotatable bonds is 6. The van der Waals surface area contributed by atoms with Crippen LogP contribution in [-0.4, -0.2) is 0 Å². The van der Waals surface area contributed by atoms with Crippen LogP contribution in [0.4, 0.5) is 0 Å². The summed E-state index contributed by atoms with van der Waals surface area (Å²) in [6.45, 7) is 0. The van der Waals surface area contributed by atoms with Gasteiger partial charge in [-0.15, -0.1) is 0 Å². The zero-order chi connectivity index (χ0) is 35.8. The van der Waals surface area contributed by atoms with Crippen LogP contribution in [0.1, 0.15) is 0 Å². The Morgan fingerprint density at radius 3 is 0.741 bits per heavy atom. The van der Waals surface area contributed by atoms with Crippen molar-refractivity contribution in [3.8, 4) is 66.8 Å². The maximum absolute atomic E-state index is 2.42. The molecule has 0 nitrogen and oxygen atoms in total. The predicted molar refractivity (Wildman–Crippen MR) is 232 cm³/mol. The largest absolute Gasteiger partial charge is 0.0622 e. The average Bonchev–Trinajstić information content (AvgIpc) is 3.25. The molecule has 0 spiro atoms. The third-order valence-electron chi connectivity index (χ3n) is 10.8. The van der Waals surface area contributed by atoms with Crippen molar-refractivity contribution < 1.29 is 0 Å². The molecule has 0 heterocycles. The highest BCUT2D eigenvalue weighted by atomic mass is 14.2. The maximum Gasteiger partial charge on any atom is -0.00257 e. The SMILES string of the molecule is c1ccc(-c2cc(-c3ccccc3)cc(-c3c4ccccc4c(-c4cc(-c5ccccc5)cc(-c5ccccc5)c4)c4cc5ccccc5cc34)c2)cc1. The van der Waals surface area contributed by atoms with Crippen molar-refractivity contribution in [2.75, 3.05) is 0 Å². The van der Waals surface area contributed by atoms with E-state index in [0.29, 0.717) is 0 Å². The van der Waals surface area contributed by atoms with E-state index in [0.717, 1.165) is 0 Å². The van der Waals surface area contributed by atoms with Gasteiger partial charge < -0.3 is 0 Å². The van der Waals surface area contributed by atoms with Gasteiger partial charge in [0.1, 0.15) is 0 Å². The molecule has 0 aliphatic carbocycles. The van der Waals surface area contributed by atoms with Gasteiger partial charge in [0.2, 0.25) is 0 Å². The summed E-state index contributed by atoms with van der Waals surface area (Å²) in [6, 6.07) is 80.0. The van der Waals surface area contributed by atoms with Crippen molar-refractivity contribution in [1.29, 1.82) is 0 Å². The monoisotopic (exact) mass is 684 g/mol. The Morgan fingerprint density at radius 1 is 0.167 bits per heavy atom. The molecule has 0 aliphatic rings. The molecule has 0 atom stereocenters. The highest BCUT2D eigenvalue weighted by molar-refractivity contribution is 6.24. The first-order valence-corrected chi connectivity index (χ1v) is 18.7. The van der Waals surface area contributed by atoms with Gasteiger partial charge in [0, 0.05) is 0 Å². The third kappa shape index (κ3) is 5.75. The fourth-order valence-corrected chi connectivity index (χ4v) is 8.22. The van der Waals surface area contributed by atoms with Crippen LogP contribution in [0.15, 0.2) is 218 Å². The smallest absolute Gasteiger partial charge is 0.00257 e. The molecule has 10 aromatic rings. The molecule has 0 unspecified atom stereocenters. The molecule has 10 aromatic carbocycles. The summed E-state index contributed by atoms with van der Waals surface area (Å²) in [5, 5.41) is 7.45. The van der Waals surface area contributed by atoms with E-state index in [1.165, 1.54) is 99.1 Å². The molecule has 0 amide bonds. The van der Waals surface area contributed by atoms with Crippen molar-refractivity contribution in [1.82, 2.24) is 0 Å². The molecule has 0 N–H and O–H groups in total. The molecule has 10 rings (SSSR count). The molecular weight excluding hydrogens is 649 g/mol. The Labute approximate surface area is 316 Å². The summed E-state index contributed by atoms with van der Waals surface area (Å²) < 4.78 is 0. The fourth-order valence-electron chi connectivity index (χ4n) is 8.22. The molecular formula is C54H36. The van der Waals surface area contributed by atoms with Gasteiger partial charge in [0.05, 0.1) is 0 Å². The first-order valence-electron chi connectivity index (χ1n) is 18.7.